The number of hydrogen-bond donors (Lipinski definition) is 3. The molecule has 32 heavy (non-hydrogen) atoms. The molecule has 0 amide bonds. The van der Waals surface area contributed by atoms with Crippen molar-refractivity contribution in [2.24, 2.45) is 11.1 Å². The average molecular weight is 469 g/mol. The van der Waals surface area contributed by atoms with Crippen LogP contribution < -0.4 is 15.2 Å². The maximum atomic E-state index is 15.1. The number of aliphatic hydroxyl groups excluding tert-OH is 1. The van der Waals surface area contributed by atoms with Crippen LogP contribution in [0, 0.1) is 11.7 Å². The second-order valence-electron chi connectivity index (χ2n) is 7.96. The summed E-state index contributed by atoms with van der Waals surface area (Å²) in [5, 5.41) is 18.1. The highest BCUT2D eigenvalue weighted by molar-refractivity contribution is 7.84. The Morgan fingerprint density at radius 1 is 1.28 bits per heavy atom. The Morgan fingerprint density at radius 2 is 2.06 bits per heavy atom. The number of benzene rings is 1. The molecule has 10 nitrogen and oxygen atoms in total. The van der Waals surface area contributed by atoms with Crippen molar-refractivity contribution in [3.8, 4) is 5.88 Å². The Kier molecular flexibility index (Phi) is 6.58. The molecule has 4 N–H and O–H groups in total. The molecule has 2 aliphatic rings. The van der Waals surface area contributed by atoms with E-state index < -0.39 is 34.2 Å². The van der Waals surface area contributed by atoms with E-state index in [9.17, 15) is 13.5 Å². The first kappa shape index (κ1) is 22.8. The molecule has 0 unspecified atom stereocenters. The molecule has 0 saturated heterocycles. The monoisotopic (exact) mass is 468 g/mol. The van der Waals surface area contributed by atoms with Gasteiger partial charge in [-0.05, 0) is 17.5 Å². The van der Waals surface area contributed by atoms with Crippen LogP contribution in [0.2, 0.25) is 0 Å². The minimum Gasteiger partial charge on any atom is -0.472 e. The van der Waals surface area contributed by atoms with E-state index in [-0.39, 0.29) is 43.3 Å². The highest BCUT2D eigenvalue weighted by atomic mass is 32.2. The number of nitrogens with two attached hydrogens (primary N) is 1. The summed E-state index contributed by atoms with van der Waals surface area (Å²) in [5.74, 6) is -1.55. The Balaban J connectivity index is 1.45. The molecule has 0 aliphatic heterocycles. The second kappa shape index (κ2) is 9.24. The molecule has 1 fully saturated rings. The molecule has 2 aromatic rings. The normalized spacial score (nSPS) is 27.3. The molecule has 174 valence electrons. The van der Waals surface area contributed by atoms with Crippen molar-refractivity contribution in [3.05, 3.63) is 47.5 Å². The van der Waals surface area contributed by atoms with Crippen LogP contribution in [0.25, 0.3) is 0 Å². The highest BCUT2D eigenvalue weighted by Crippen LogP contribution is 2.37. The van der Waals surface area contributed by atoms with Crippen LogP contribution in [0.3, 0.4) is 0 Å². The van der Waals surface area contributed by atoms with Crippen molar-refractivity contribution in [2.45, 2.75) is 43.6 Å². The summed E-state index contributed by atoms with van der Waals surface area (Å²) in [6.07, 6.45) is 0.684. The summed E-state index contributed by atoms with van der Waals surface area (Å²) < 4.78 is 52.9. The third-order valence-corrected chi connectivity index (χ3v) is 6.34. The average Bonchev–Trinajstić information content (AvgIpc) is 3.28. The molecule has 12 heteroatoms. The minimum atomic E-state index is -4.11. The van der Waals surface area contributed by atoms with Gasteiger partial charge in [-0.1, -0.05) is 24.3 Å². The van der Waals surface area contributed by atoms with Crippen molar-refractivity contribution >= 4 is 16.1 Å². The number of aromatic nitrogens is 2. The van der Waals surface area contributed by atoms with E-state index in [4.69, 9.17) is 14.6 Å². The fourth-order valence-corrected chi connectivity index (χ4v) is 4.66. The molecule has 1 heterocycles. The van der Waals surface area contributed by atoms with Crippen LogP contribution in [0.5, 0.6) is 5.88 Å². The predicted molar refractivity (Wildman–Crippen MR) is 112 cm³/mol. The molecular weight excluding hydrogens is 443 g/mol. The topological polar surface area (TPSA) is 146 Å². The molecule has 0 radical (unpaired) electrons. The standard InChI is InChI=1S/C20H25FN4O6S/c1-29-16-7-11-4-2-3-5-14(11)18(16)25-19-17(21)20(24-10-23-19)31-13-6-12(15(26)8-13)9-30-32(22,27)28/h2-5,10,12-13,15-16,18,26H,6-9H2,1H3,(H2,22,27,28)(H,23,24,25)/t12-,13+,15-,16-,18+/m0/s1. The second-order valence-corrected chi connectivity index (χ2v) is 9.18. The summed E-state index contributed by atoms with van der Waals surface area (Å²) in [6.45, 7) is -0.279. The number of anilines is 1. The van der Waals surface area contributed by atoms with Gasteiger partial charge < -0.3 is 19.9 Å². The van der Waals surface area contributed by atoms with Gasteiger partial charge in [0.2, 0.25) is 5.82 Å². The van der Waals surface area contributed by atoms with E-state index in [2.05, 4.69) is 19.5 Å². The molecule has 5 atom stereocenters. The summed E-state index contributed by atoms with van der Waals surface area (Å²) in [4.78, 5) is 7.91. The summed E-state index contributed by atoms with van der Waals surface area (Å²) >= 11 is 0. The molecule has 1 aromatic carbocycles. The number of nitrogens with one attached hydrogen (secondary N) is 1. The Morgan fingerprint density at radius 3 is 2.81 bits per heavy atom. The van der Waals surface area contributed by atoms with Gasteiger partial charge in [-0.2, -0.15) is 17.8 Å². The fourth-order valence-electron chi connectivity index (χ4n) is 4.30. The first-order valence-electron chi connectivity index (χ1n) is 10.1. The lowest BCUT2D eigenvalue weighted by molar-refractivity contribution is 0.0956. The number of rotatable bonds is 8. The van der Waals surface area contributed by atoms with Gasteiger partial charge in [0.25, 0.3) is 5.88 Å². The number of halogens is 1. The molecule has 4 rings (SSSR count). The van der Waals surface area contributed by atoms with Crippen LogP contribution >= 0.6 is 0 Å². The van der Waals surface area contributed by atoms with Crippen molar-refractivity contribution in [1.82, 2.24) is 9.97 Å². The lowest BCUT2D eigenvalue weighted by Gasteiger charge is -2.22. The maximum absolute atomic E-state index is 15.1. The zero-order valence-corrected chi connectivity index (χ0v) is 18.2. The third kappa shape index (κ3) is 4.99. The quantitative estimate of drug-likeness (QED) is 0.518. The van der Waals surface area contributed by atoms with E-state index >= 15 is 4.39 Å². The molecule has 0 spiro atoms. The van der Waals surface area contributed by atoms with E-state index in [0.29, 0.717) is 6.42 Å². The van der Waals surface area contributed by atoms with Gasteiger partial charge in [0, 0.05) is 25.9 Å². The van der Waals surface area contributed by atoms with Crippen molar-refractivity contribution < 1.29 is 31.6 Å². The number of fused-ring (bicyclic) bond motifs is 1. The number of hydrogen-bond acceptors (Lipinski definition) is 9. The van der Waals surface area contributed by atoms with Gasteiger partial charge in [0.15, 0.2) is 5.82 Å². The van der Waals surface area contributed by atoms with Gasteiger partial charge in [0.05, 0.1) is 24.9 Å². The van der Waals surface area contributed by atoms with Gasteiger partial charge in [-0.15, -0.1) is 0 Å². The lowest BCUT2D eigenvalue weighted by Crippen LogP contribution is -2.25. The number of aliphatic hydroxyl groups is 1. The zero-order valence-electron chi connectivity index (χ0n) is 17.3. The number of nitrogens with zero attached hydrogens (tertiary/aromatic N) is 2. The number of ether oxygens (including phenoxy) is 2. The SMILES string of the molecule is CO[C@H]1Cc2ccccc2[C@H]1Nc1ncnc(O[C@@H]2C[C@@H](COS(N)(=O)=O)[C@@H](O)C2)c1F. The van der Waals surface area contributed by atoms with Gasteiger partial charge >= 0.3 is 10.3 Å². The van der Waals surface area contributed by atoms with E-state index in [0.717, 1.165) is 11.1 Å². The summed E-state index contributed by atoms with van der Waals surface area (Å²) in [6, 6.07) is 7.54. The van der Waals surface area contributed by atoms with Crippen LogP contribution in [0.15, 0.2) is 30.6 Å². The van der Waals surface area contributed by atoms with E-state index in [1.807, 2.05) is 24.3 Å². The molecular formula is C20H25FN4O6S. The highest BCUT2D eigenvalue weighted by Gasteiger charge is 2.37. The first-order chi connectivity index (χ1) is 15.2. The van der Waals surface area contributed by atoms with Crippen LogP contribution in [0.4, 0.5) is 10.2 Å². The Labute approximate surface area is 185 Å². The van der Waals surface area contributed by atoms with Gasteiger partial charge in [0.1, 0.15) is 12.4 Å². The lowest BCUT2D eigenvalue weighted by atomic mass is 10.1. The molecule has 0 bridgehead atoms. The third-order valence-electron chi connectivity index (χ3n) is 5.87. The summed E-state index contributed by atoms with van der Waals surface area (Å²) in [7, 11) is -2.51. The van der Waals surface area contributed by atoms with Crippen molar-refractivity contribution in [2.75, 3.05) is 19.0 Å². The smallest absolute Gasteiger partial charge is 0.333 e. The minimum absolute atomic E-state index is 0.0218. The van der Waals surface area contributed by atoms with Crippen molar-refractivity contribution in [1.29, 1.82) is 0 Å². The maximum Gasteiger partial charge on any atom is 0.333 e. The fraction of sp³-hybridized carbons (Fsp3) is 0.500. The van der Waals surface area contributed by atoms with Crippen molar-refractivity contribution in [3.63, 3.8) is 0 Å². The predicted octanol–water partition coefficient (Wildman–Crippen LogP) is 1.08. The first-order valence-corrected chi connectivity index (χ1v) is 11.6. The molecule has 2 aliphatic carbocycles. The number of methoxy groups -OCH3 is 1. The van der Waals surface area contributed by atoms with Crippen LogP contribution in [0.1, 0.15) is 30.0 Å². The Hall–Kier alpha value is -2.38. The zero-order chi connectivity index (χ0) is 22.9. The Bertz CT molecular complexity index is 1070. The van der Waals surface area contributed by atoms with Gasteiger partial charge in [-0.25, -0.2) is 10.1 Å². The molecule has 1 aromatic heterocycles. The van der Waals surface area contributed by atoms with Crippen LogP contribution in [-0.4, -0.2) is 55.5 Å². The van der Waals surface area contributed by atoms with E-state index in [1.54, 1.807) is 7.11 Å². The van der Waals surface area contributed by atoms with Gasteiger partial charge in [-0.3, -0.25) is 4.18 Å². The largest absolute Gasteiger partial charge is 0.472 e. The van der Waals surface area contributed by atoms with E-state index in [1.165, 1.54) is 6.33 Å². The summed E-state index contributed by atoms with van der Waals surface area (Å²) in [5.41, 5.74) is 2.13. The van der Waals surface area contributed by atoms with Crippen LogP contribution in [-0.2, 0) is 25.6 Å². The molecule has 1 saturated carbocycles.